The van der Waals surface area contributed by atoms with Crippen molar-refractivity contribution in [1.82, 2.24) is 0 Å². The van der Waals surface area contributed by atoms with Crippen molar-refractivity contribution in [2.75, 3.05) is 26.4 Å². The summed E-state index contributed by atoms with van der Waals surface area (Å²) in [7, 11) is 0. The van der Waals surface area contributed by atoms with Gasteiger partial charge in [-0.15, -0.1) is 0 Å². The summed E-state index contributed by atoms with van der Waals surface area (Å²) in [4.78, 5) is 72.4. The van der Waals surface area contributed by atoms with E-state index in [9.17, 15) is 28.8 Å². The first-order valence-corrected chi connectivity index (χ1v) is 17.1. The van der Waals surface area contributed by atoms with Crippen LogP contribution < -0.4 is 14.2 Å². The SMILES string of the molecule is C=CC(=O)OCCCCCCOC(=O)Oc1ccc(C(=O)Oc2ccc(C(=O)Oc3ccc(C(=O)O[C@H]4COC5C4OC[C@@H]5OC(C)=O)cc3)cc2)cc1. The molecule has 0 aliphatic carbocycles. The first-order chi connectivity index (χ1) is 26.1. The zero-order valence-electron chi connectivity index (χ0n) is 29.3. The Balaban J connectivity index is 1.00. The van der Waals surface area contributed by atoms with Crippen LogP contribution in [-0.4, -0.2) is 86.8 Å². The van der Waals surface area contributed by atoms with Gasteiger partial charge in [0.15, 0.2) is 12.2 Å². The van der Waals surface area contributed by atoms with Gasteiger partial charge in [-0.25, -0.2) is 24.0 Å². The second kappa shape index (κ2) is 19.1. The second-order valence-corrected chi connectivity index (χ2v) is 12.0. The Morgan fingerprint density at radius 1 is 0.593 bits per heavy atom. The lowest BCUT2D eigenvalue weighted by atomic mass is 10.1. The third-order valence-corrected chi connectivity index (χ3v) is 8.10. The largest absolute Gasteiger partial charge is 0.513 e. The van der Waals surface area contributed by atoms with Crippen molar-refractivity contribution in [1.29, 1.82) is 0 Å². The van der Waals surface area contributed by atoms with E-state index < -0.39 is 60.4 Å². The minimum absolute atomic E-state index is 0.0959. The number of unbranched alkanes of at least 4 members (excludes halogenated alkanes) is 3. The highest BCUT2D eigenvalue weighted by atomic mass is 16.7. The summed E-state index contributed by atoms with van der Waals surface area (Å²) in [5.41, 5.74) is 0.577. The number of fused-ring (bicyclic) bond motifs is 1. The van der Waals surface area contributed by atoms with Gasteiger partial charge in [-0.3, -0.25) is 4.79 Å². The number of benzene rings is 3. The van der Waals surface area contributed by atoms with Gasteiger partial charge in [0, 0.05) is 13.0 Å². The number of hydrogen-bond donors (Lipinski definition) is 0. The van der Waals surface area contributed by atoms with Crippen LogP contribution >= 0.6 is 0 Å². The summed E-state index contributed by atoms with van der Waals surface area (Å²) in [6.45, 7) is 5.34. The van der Waals surface area contributed by atoms with Crippen molar-refractivity contribution in [3.8, 4) is 17.2 Å². The number of hydrogen-bond acceptors (Lipinski definition) is 15. The standard InChI is InChI=1S/C39H38O15/c1-3-33(41)46-20-6-4-5-7-21-47-39(45)53-30-18-12-26(13-19-30)37(43)51-28-14-8-25(9-15-28)36(42)52-29-16-10-27(11-17-29)38(44)54-32-23-49-34-31(50-24(2)40)22-48-35(32)34/h3,8-19,31-32,34-35H,1,4-7,20-23H2,2H3/t31-,32-,34?,35?/m0/s1. The third kappa shape index (κ3) is 11.2. The Hall–Kier alpha value is -6.06. The van der Waals surface area contributed by atoms with Crippen LogP contribution in [0.25, 0.3) is 0 Å². The van der Waals surface area contributed by atoms with Gasteiger partial charge in [-0.2, -0.15) is 0 Å². The molecule has 54 heavy (non-hydrogen) atoms. The van der Waals surface area contributed by atoms with Gasteiger partial charge >= 0.3 is 36.0 Å². The second-order valence-electron chi connectivity index (χ2n) is 12.0. The fraction of sp³-hybridized carbons (Fsp3) is 0.333. The van der Waals surface area contributed by atoms with Gasteiger partial charge < -0.3 is 42.6 Å². The molecule has 2 fully saturated rings. The van der Waals surface area contributed by atoms with Crippen molar-refractivity contribution < 1.29 is 71.4 Å². The Kier molecular flexibility index (Phi) is 13.9. The molecule has 3 aromatic carbocycles. The highest BCUT2D eigenvalue weighted by molar-refractivity contribution is 5.93. The van der Waals surface area contributed by atoms with E-state index in [1.165, 1.54) is 79.7 Å². The maximum atomic E-state index is 12.7. The lowest BCUT2D eigenvalue weighted by Crippen LogP contribution is -2.35. The molecule has 0 spiro atoms. The minimum atomic E-state index is -0.882. The number of rotatable bonds is 16. The van der Waals surface area contributed by atoms with Crippen molar-refractivity contribution in [2.24, 2.45) is 0 Å². The molecule has 0 radical (unpaired) electrons. The van der Waals surface area contributed by atoms with Crippen LogP contribution in [0.4, 0.5) is 4.79 Å². The van der Waals surface area contributed by atoms with Crippen molar-refractivity contribution >= 4 is 36.0 Å². The molecular formula is C39H38O15. The molecular weight excluding hydrogens is 708 g/mol. The van der Waals surface area contributed by atoms with Gasteiger partial charge in [-0.1, -0.05) is 6.58 Å². The van der Waals surface area contributed by atoms with Crippen molar-refractivity contribution in [3.63, 3.8) is 0 Å². The Morgan fingerprint density at radius 3 is 1.48 bits per heavy atom. The highest BCUT2D eigenvalue weighted by Crippen LogP contribution is 2.31. The van der Waals surface area contributed by atoms with Gasteiger partial charge in [0.05, 0.1) is 43.1 Å². The van der Waals surface area contributed by atoms with E-state index in [-0.39, 0.29) is 53.8 Å². The summed E-state index contributed by atoms with van der Waals surface area (Å²) >= 11 is 0. The van der Waals surface area contributed by atoms with Crippen LogP contribution in [0.2, 0.25) is 0 Å². The molecule has 2 saturated heterocycles. The molecule has 15 heteroatoms. The lowest BCUT2D eigenvalue weighted by molar-refractivity contribution is -0.151. The number of ether oxygens (including phenoxy) is 9. The summed E-state index contributed by atoms with van der Waals surface area (Å²) in [6.07, 6.45) is 0.801. The van der Waals surface area contributed by atoms with E-state index >= 15 is 0 Å². The molecule has 0 bridgehead atoms. The van der Waals surface area contributed by atoms with Crippen LogP contribution in [0.1, 0.15) is 63.7 Å². The molecule has 2 aliphatic rings. The van der Waals surface area contributed by atoms with Crippen LogP contribution in [0.3, 0.4) is 0 Å². The van der Waals surface area contributed by atoms with Crippen molar-refractivity contribution in [3.05, 3.63) is 102 Å². The molecule has 0 N–H and O–H groups in total. The molecule has 0 amide bonds. The van der Waals surface area contributed by atoms with E-state index in [2.05, 4.69) is 6.58 Å². The van der Waals surface area contributed by atoms with Crippen LogP contribution in [-0.2, 0) is 38.0 Å². The monoisotopic (exact) mass is 746 g/mol. The maximum absolute atomic E-state index is 12.7. The molecule has 3 aromatic rings. The first-order valence-electron chi connectivity index (χ1n) is 17.1. The maximum Gasteiger partial charge on any atom is 0.513 e. The van der Waals surface area contributed by atoms with E-state index in [1.54, 1.807) is 0 Å². The van der Waals surface area contributed by atoms with Gasteiger partial charge in [0.1, 0.15) is 29.5 Å². The number of esters is 5. The van der Waals surface area contributed by atoms with Crippen LogP contribution in [0.5, 0.6) is 17.2 Å². The first kappa shape index (κ1) is 39.2. The summed E-state index contributed by atoms with van der Waals surface area (Å²) in [6, 6.07) is 17.2. The molecule has 0 aromatic heterocycles. The van der Waals surface area contributed by atoms with Crippen molar-refractivity contribution in [2.45, 2.75) is 57.0 Å². The quantitative estimate of drug-likeness (QED) is 0.0466. The van der Waals surface area contributed by atoms with Gasteiger partial charge in [0.2, 0.25) is 0 Å². The Bertz CT molecular complexity index is 1800. The molecule has 2 unspecified atom stereocenters. The fourth-order valence-corrected chi connectivity index (χ4v) is 5.43. The van der Waals surface area contributed by atoms with Gasteiger partial charge in [-0.05, 0) is 98.5 Å². The zero-order valence-corrected chi connectivity index (χ0v) is 29.3. The average molecular weight is 747 g/mol. The molecule has 284 valence electrons. The van der Waals surface area contributed by atoms with E-state index in [0.29, 0.717) is 19.4 Å². The summed E-state index contributed by atoms with van der Waals surface area (Å²) in [5, 5.41) is 0. The number of carbonyl (C=O) groups is 6. The summed E-state index contributed by atoms with van der Waals surface area (Å²) in [5.74, 6) is -2.38. The van der Waals surface area contributed by atoms with E-state index in [4.69, 9.17) is 42.6 Å². The van der Waals surface area contributed by atoms with Crippen LogP contribution in [0.15, 0.2) is 85.5 Å². The lowest BCUT2D eigenvalue weighted by Gasteiger charge is -2.17. The fourth-order valence-electron chi connectivity index (χ4n) is 5.43. The highest BCUT2D eigenvalue weighted by Gasteiger charge is 2.51. The molecule has 0 saturated carbocycles. The van der Waals surface area contributed by atoms with Gasteiger partial charge in [0.25, 0.3) is 0 Å². The topological polar surface area (TPSA) is 185 Å². The molecule has 2 heterocycles. The van der Waals surface area contributed by atoms with E-state index in [0.717, 1.165) is 18.9 Å². The summed E-state index contributed by atoms with van der Waals surface area (Å²) < 4.78 is 47.9. The van der Waals surface area contributed by atoms with E-state index in [1.807, 2.05) is 0 Å². The normalized spacial score (nSPS) is 18.4. The zero-order chi connectivity index (χ0) is 38.5. The Labute approximate surface area is 309 Å². The Morgan fingerprint density at radius 2 is 1.02 bits per heavy atom. The third-order valence-electron chi connectivity index (χ3n) is 8.10. The predicted octanol–water partition coefficient (Wildman–Crippen LogP) is 5.18. The molecule has 4 atom stereocenters. The smallest absolute Gasteiger partial charge is 0.463 e. The predicted molar refractivity (Wildman–Crippen MR) is 185 cm³/mol. The van der Waals surface area contributed by atoms with Crippen LogP contribution in [0, 0.1) is 0 Å². The minimum Gasteiger partial charge on any atom is -0.463 e. The molecule has 15 nitrogen and oxygen atoms in total. The average Bonchev–Trinajstić information content (AvgIpc) is 3.75. The number of carbonyl (C=O) groups excluding carboxylic acids is 6. The molecule has 5 rings (SSSR count). The molecule has 2 aliphatic heterocycles.